The zero-order valence-corrected chi connectivity index (χ0v) is 30.5. The van der Waals surface area contributed by atoms with Gasteiger partial charge >= 0.3 is 0 Å². The molecule has 3 N–H and O–H groups in total. The van der Waals surface area contributed by atoms with Crippen molar-refractivity contribution in [3.8, 4) is 11.5 Å². The summed E-state index contributed by atoms with van der Waals surface area (Å²) in [5, 5.41) is 16.1. The third-order valence-corrected chi connectivity index (χ3v) is 8.39. The van der Waals surface area contributed by atoms with Gasteiger partial charge in [-0.05, 0) is 78.9 Å². The number of aliphatic hydroxyl groups excluding tert-OH is 1. The fourth-order valence-corrected chi connectivity index (χ4v) is 5.55. The molecule has 4 aromatic carbocycles. The maximum atomic E-state index is 13.7. The third-order valence-electron chi connectivity index (χ3n) is 7.41. The molecule has 2 heterocycles. The predicted molar refractivity (Wildman–Crippen MR) is 197 cm³/mol. The Labute approximate surface area is 312 Å². The van der Waals surface area contributed by atoms with Crippen LogP contribution in [0.3, 0.4) is 0 Å². The van der Waals surface area contributed by atoms with E-state index in [4.69, 9.17) is 9.47 Å². The monoisotopic (exact) mass is 838 g/mol. The number of aliphatic hydroxyl groups is 1. The number of halogens is 6. The Morgan fingerprint density at radius 2 is 1.21 bits per heavy atom. The predicted octanol–water partition coefficient (Wildman–Crippen LogP) is 10.1. The van der Waals surface area contributed by atoms with Gasteiger partial charge in [-0.25, -0.2) is 27.5 Å². The Morgan fingerprint density at radius 3 is 1.71 bits per heavy atom. The Bertz CT molecular complexity index is 2190. The fraction of sp³-hybridized carbons (Fsp3) is 0.0789. The van der Waals surface area contributed by atoms with E-state index in [1.54, 1.807) is 54.6 Å². The number of carbonyl (C=O) groups is 1. The number of nitrogens with zero attached hydrogens (tertiary/aromatic N) is 2. The highest BCUT2D eigenvalue weighted by atomic mass is 79.9. The molecule has 0 fully saturated rings. The van der Waals surface area contributed by atoms with Gasteiger partial charge in [0, 0.05) is 50.2 Å². The molecule has 6 rings (SSSR count). The molecule has 8 nitrogen and oxygen atoms in total. The molecule has 266 valence electrons. The molecule has 0 aliphatic heterocycles. The van der Waals surface area contributed by atoms with Crippen molar-refractivity contribution < 1.29 is 36.9 Å². The number of methoxy groups -OCH3 is 2. The van der Waals surface area contributed by atoms with Crippen molar-refractivity contribution in [2.24, 2.45) is 0 Å². The van der Waals surface area contributed by atoms with Crippen LogP contribution in [0, 0.1) is 23.3 Å². The van der Waals surface area contributed by atoms with E-state index in [9.17, 15) is 27.5 Å². The summed E-state index contributed by atoms with van der Waals surface area (Å²) in [6.45, 7) is 0. The number of ether oxygens (including phenoxy) is 2. The summed E-state index contributed by atoms with van der Waals surface area (Å²) in [6, 6.07) is 23.3. The third kappa shape index (κ3) is 9.51. The lowest BCUT2D eigenvalue weighted by atomic mass is 10.0. The Morgan fingerprint density at radius 1 is 0.673 bits per heavy atom. The van der Waals surface area contributed by atoms with Gasteiger partial charge in [0.1, 0.15) is 52.5 Å². The van der Waals surface area contributed by atoms with Crippen molar-refractivity contribution in [3.05, 3.63) is 164 Å². The molecule has 52 heavy (non-hydrogen) atoms. The Hall–Kier alpha value is -5.31. The smallest absolute Gasteiger partial charge is 0.198 e. The van der Waals surface area contributed by atoms with E-state index in [0.717, 1.165) is 33.2 Å². The fourth-order valence-electron chi connectivity index (χ4n) is 4.81. The molecule has 0 amide bonds. The van der Waals surface area contributed by atoms with Crippen LogP contribution in [0.1, 0.15) is 33.2 Å². The van der Waals surface area contributed by atoms with E-state index < -0.39 is 29.4 Å². The minimum atomic E-state index is -0.938. The molecule has 0 bridgehead atoms. The summed E-state index contributed by atoms with van der Waals surface area (Å²) < 4.78 is 65.3. The molecule has 0 aliphatic carbocycles. The highest BCUT2D eigenvalue weighted by Gasteiger charge is 2.18. The lowest BCUT2D eigenvalue weighted by Crippen LogP contribution is -2.05. The molecule has 2 aromatic heterocycles. The average molecular weight is 840 g/mol. The topological polar surface area (TPSA) is 106 Å². The lowest BCUT2D eigenvalue weighted by Gasteiger charge is -2.16. The first-order valence-corrected chi connectivity index (χ1v) is 16.8. The van der Waals surface area contributed by atoms with Gasteiger partial charge in [0.05, 0.1) is 31.2 Å². The number of anilines is 4. The number of hydrogen-bond donors (Lipinski definition) is 3. The SMILES string of the molecule is COc1ccc(Br)cc1C(=O)c1ccc(Nc2ccc(F)cc2F)nc1.COc1ccc(Br)cc1C(O)c1ccc(Nc2ccc(F)cc2F)nc1. The molecule has 0 aliphatic rings. The van der Waals surface area contributed by atoms with Crippen molar-refractivity contribution >= 4 is 60.7 Å². The summed E-state index contributed by atoms with van der Waals surface area (Å²) in [5.74, 6) is -1.31. The quantitative estimate of drug-likeness (QED) is 0.0926. The van der Waals surface area contributed by atoms with Crippen molar-refractivity contribution in [1.29, 1.82) is 0 Å². The molecule has 14 heteroatoms. The summed E-state index contributed by atoms with van der Waals surface area (Å²) in [4.78, 5) is 21.0. The summed E-state index contributed by atoms with van der Waals surface area (Å²) in [6.07, 6.45) is 1.92. The van der Waals surface area contributed by atoms with Gasteiger partial charge in [-0.3, -0.25) is 4.79 Å². The van der Waals surface area contributed by atoms with Gasteiger partial charge in [0.25, 0.3) is 0 Å². The second kappa shape index (κ2) is 17.3. The molecule has 0 spiro atoms. The van der Waals surface area contributed by atoms with E-state index in [0.29, 0.717) is 45.4 Å². The molecule has 1 atom stereocenters. The van der Waals surface area contributed by atoms with E-state index >= 15 is 0 Å². The van der Waals surface area contributed by atoms with Gasteiger partial charge in [0.2, 0.25) is 0 Å². The Kier molecular flexibility index (Phi) is 12.6. The standard InChI is InChI=1S/C19H15BrF2N2O2.C19H13BrF2N2O2/c2*1-26-17-6-3-12(20)8-14(17)19(25)11-2-7-18(23-10-11)24-16-5-4-13(21)9-15(16)22/h2-10,19,25H,1H3,(H,23,24);2-10H,1H3,(H,23,24). The molecular formula is C38H28Br2F4N4O4. The Balaban J connectivity index is 0.000000201. The number of hydrogen-bond acceptors (Lipinski definition) is 8. The largest absolute Gasteiger partial charge is 0.496 e. The van der Waals surface area contributed by atoms with Gasteiger partial charge < -0.3 is 25.2 Å². The van der Waals surface area contributed by atoms with Gasteiger partial charge in [-0.15, -0.1) is 0 Å². The highest BCUT2D eigenvalue weighted by molar-refractivity contribution is 9.10. The van der Waals surface area contributed by atoms with Gasteiger partial charge in [-0.2, -0.15) is 0 Å². The van der Waals surface area contributed by atoms with Crippen LogP contribution in [-0.4, -0.2) is 35.1 Å². The molecule has 0 saturated heterocycles. The first-order valence-electron chi connectivity index (χ1n) is 15.2. The van der Waals surface area contributed by atoms with Crippen molar-refractivity contribution in [1.82, 2.24) is 9.97 Å². The van der Waals surface area contributed by atoms with Crippen LogP contribution >= 0.6 is 31.9 Å². The molecular weight excluding hydrogens is 812 g/mol. The van der Waals surface area contributed by atoms with Gasteiger partial charge in [-0.1, -0.05) is 37.9 Å². The zero-order chi connectivity index (χ0) is 37.4. The summed E-state index contributed by atoms with van der Waals surface area (Å²) >= 11 is 6.70. The molecule has 0 saturated carbocycles. The number of benzene rings is 4. The minimum absolute atomic E-state index is 0.0895. The number of aromatic nitrogens is 2. The summed E-state index contributed by atoms with van der Waals surface area (Å²) in [7, 11) is 3.02. The maximum Gasteiger partial charge on any atom is 0.198 e. The van der Waals surface area contributed by atoms with Crippen LogP contribution in [0.4, 0.5) is 40.6 Å². The summed E-state index contributed by atoms with van der Waals surface area (Å²) in [5.41, 5.74) is 2.09. The van der Waals surface area contributed by atoms with Crippen LogP contribution in [-0.2, 0) is 0 Å². The van der Waals surface area contributed by atoms with Crippen LogP contribution < -0.4 is 20.1 Å². The lowest BCUT2D eigenvalue weighted by molar-refractivity contribution is 0.103. The molecule has 0 radical (unpaired) electrons. The van der Waals surface area contributed by atoms with E-state index in [2.05, 4.69) is 52.5 Å². The van der Waals surface area contributed by atoms with Crippen LogP contribution in [0.25, 0.3) is 0 Å². The van der Waals surface area contributed by atoms with Crippen LogP contribution in [0.5, 0.6) is 11.5 Å². The number of carbonyl (C=O) groups excluding carboxylic acids is 1. The maximum absolute atomic E-state index is 13.7. The normalized spacial score (nSPS) is 11.2. The average Bonchev–Trinajstić information content (AvgIpc) is 3.14. The first kappa shape index (κ1) is 37.9. The van der Waals surface area contributed by atoms with E-state index in [1.807, 2.05) is 6.07 Å². The van der Waals surface area contributed by atoms with Gasteiger partial charge in [0.15, 0.2) is 5.78 Å². The second-order valence-electron chi connectivity index (χ2n) is 10.9. The van der Waals surface area contributed by atoms with E-state index in [1.165, 1.54) is 38.7 Å². The number of pyridine rings is 2. The molecule has 6 aromatic rings. The van der Waals surface area contributed by atoms with Crippen LogP contribution in [0.15, 0.2) is 118 Å². The van der Waals surface area contributed by atoms with Crippen molar-refractivity contribution in [2.45, 2.75) is 6.10 Å². The number of nitrogens with one attached hydrogen (secondary N) is 2. The number of rotatable bonds is 10. The van der Waals surface area contributed by atoms with E-state index in [-0.39, 0.29) is 17.2 Å². The second-order valence-corrected chi connectivity index (χ2v) is 12.7. The van der Waals surface area contributed by atoms with Crippen LogP contribution in [0.2, 0.25) is 0 Å². The minimum Gasteiger partial charge on any atom is -0.496 e. The highest BCUT2D eigenvalue weighted by Crippen LogP contribution is 2.33. The van der Waals surface area contributed by atoms with Crippen molar-refractivity contribution in [2.75, 3.05) is 24.9 Å². The first-order chi connectivity index (χ1) is 24.9. The zero-order valence-electron chi connectivity index (χ0n) is 27.3. The van der Waals surface area contributed by atoms with Crippen molar-refractivity contribution in [3.63, 3.8) is 0 Å². The number of ketones is 1. The molecule has 1 unspecified atom stereocenters.